The van der Waals surface area contributed by atoms with Crippen LogP contribution in [0.1, 0.15) is 0 Å². The van der Waals surface area contributed by atoms with Crippen molar-refractivity contribution in [1.82, 2.24) is 24.5 Å². The molecule has 0 N–H and O–H groups in total. The minimum absolute atomic E-state index is 0.784. The van der Waals surface area contributed by atoms with Gasteiger partial charge in [-0.05, 0) is 81.2 Å². The standard InChI is InChI=1S/C46H29N5/c1-2-13-30(14-3-1)45-32-16-4-6-18-34(32)46(35-19-7-5-17-33(35)45)41-24-11-22-38(49-41)37-20-10-21-39(48-37)40-23-12-26-44(50-40)51-42-25-9-8-15-31(42)36-29-47-28-27-43(36)51/h1-29H. The summed E-state index contributed by atoms with van der Waals surface area (Å²) in [5, 5.41) is 6.99. The van der Waals surface area contributed by atoms with Crippen molar-refractivity contribution in [2.45, 2.75) is 0 Å². The second-order valence-corrected chi connectivity index (χ2v) is 12.6. The van der Waals surface area contributed by atoms with Crippen LogP contribution in [0.25, 0.3) is 94.3 Å². The van der Waals surface area contributed by atoms with Crippen LogP contribution in [0.2, 0.25) is 0 Å². The summed E-state index contributed by atoms with van der Waals surface area (Å²) in [5.41, 5.74) is 9.80. The zero-order chi connectivity index (χ0) is 33.7. The van der Waals surface area contributed by atoms with Gasteiger partial charge in [0.2, 0.25) is 0 Å². The Bertz CT molecular complexity index is 2820. The lowest BCUT2D eigenvalue weighted by molar-refractivity contribution is 1.07. The molecule has 5 aromatic heterocycles. The SMILES string of the molecule is c1ccc(-c2c3ccccc3c(-c3cccc(-c4cccc(-c5cccc(-n6c7ccccc7c7cnccc76)n5)n4)n3)c3ccccc23)cc1. The number of benzene rings is 5. The summed E-state index contributed by atoms with van der Waals surface area (Å²) in [4.78, 5) is 20.0. The summed E-state index contributed by atoms with van der Waals surface area (Å²) in [6.07, 6.45) is 3.75. The second kappa shape index (κ2) is 11.9. The Kier molecular flexibility index (Phi) is 6.74. The molecule has 0 spiro atoms. The van der Waals surface area contributed by atoms with Gasteiger partial charge in [-0.15, -0.1) is 0 Å². The van der Waals surface area contributed by atoms with Crippen molar-refractivity contribution >= 4 is 43.4 Å². The number of rotatable bonds is 5. The van der Waals surface area contributed by atoms with Crippen molar-refractivity contribution < 1.29 is 0 Å². The lowest BCUT2D eigenvalue weighted by Gasteiger charge is -2.17. The number of nitrogens with zero attached hydrogens (tertiary/aromatic N) is 5. The van der Waals surface area contributed by atoms with Gasteiger partial charge in [-0.1, -0.05) is 115 Å². The molecule has 5 heteroatoms. The van der Waals surface area contributed by atoms with Gasteiger partial charge in [-0.25, -0.2) is 15.0 Å². The van der Waals surface area contributed by atoms with Crippen LogP contribution >= 0.6 is 0 Å². The van der Waals surface area contributed by atoms with E-state index >= 15 is 0 Å². The van der Waals surface area contributed by atoms with E-state index in [2.05, 4.69) is 125 Å². The molecule has 0 unspecified atom stereocenters. The van der Waals surface area contributed by atoms with Crippen LogP contribution in [0.15, 0.2) is 176 Å². The van der Waals surface area contributed by atoms with Gasteiger partial charge < -0.3 is 0 Å². The molecular weight excluding hydrogens is 623 g/mol. The highest BCUT2D eigenvalue weighted by Crippen LogP contribution is 2.43. The van der Waals surface area contributed by atoms with E-state index in [1.165, 1.54) is 32.7 Å². The van der Waals surface area contributed by atoms with Crippen molar-refractivity contribution in [3.63, 3.8) is 0 Å². The zero-order valence-electron chi connectivity index (χ0n) is 27.5. The molecule has 5 nitrogen and oxygen atoms in total. The highest BCUT2D eigenvalue weighted by atomic mass is 15.1. The Labute approximate surface area is 294 Å². The van der Waals surface area contributed by atoms with Crippen molar-refractivity contribution in [2.75, 3.05) is 0 Å². The van der Waals surface area contributed by atoms with Crippen LogP contribution in [0.4, 0.5) is 0 Å². The van der Waals surface area contributed by atoms with Crippen LogP contribution in [-0.4, -0.2) is 24.5 Å². The third kappa shape index (κ3) is 4.78. The molecule has 5 aromatic carbocycles. The Hall–Kier alpha value is -6.98. The van der Waals surface area contributed by atoms with E-state index in [9.17, 15) is 0 Å². The molecule has 0 saturated heterocycles. The van der Waals surface area contributed by atoms with E-state index in [0.717, 1.165) is 61.7 Å². The van der Waals surface area contributed by atoms with Gasteiger partial charge in [-0.3, -0.25) is 9.55 Å². The van der Waals surface area contributed by atoms with Gasteiger partial charge in [-0.2, -0.15) is 0 Å². The topological polar surface area (TPSA) is 56.5 Å². The van der Waals surface area contributed by atoms with Crippen molar-refractivity contribution in [3.05, 3.63) is 176 Å². The third-order valence-corrected chi connectivity index (χ3v) is 9.71. The molecule has 0 bridgehead atoms. The summed E-state index contributed by atoms with van der Waals surface area (Å²) < 4.78 is 2.20. The molecule has 0 amide bonds. The first-order valence-corrected chi connectivity index (χ1v) is 17.1. The van der Waals surface area contributed by atoms with E-state index in [1.807, 2.05) is 60.9 Å². The molecular formula is C46H29N5. The average Bonchev–Trinajstić information content (AvgIpc) is 3.55. The van der Waals surface area contributed by atoms with E-state index in [-0.39, 0.29) is 0 Å². The molecule has 0 saturated carbocycles. The summed E-state index contributed by atoms with van der Waals surface area (Å²) in [5.74, 6) is 0.829. The number of aromatic nitrogens is 5. The van der Waals surface area contributed by atoms with E-state index in [1.54, 1.807) is 0 Å². The first kappa shape index (κ1) is 29.0. The fourth-order valence-electron chi connectivity index (χ4n) is 7.51. The molecule has 0 fully saturated rings. The van der Waals surface area contributed by atoms with Gasteiger partial charge in [0, 0.05) is 28.7 Å². The first-order valence-electron chi connectivity index (χ1n) is 17.1. The average molecular weight is 652 g/mol. The highest BCUT2D eigenvalue weighted by Gasteiger charge is 2.18. The smallest absolute Gasteiger partial charge is 0.138 e. The summed E-state index contributed by atoms with van der Waals surface area (Å²) in [7, 11) is 0. The van der Waals surface area contributed by atoms with E-state index < -0.39 is 0 Å². The molecule has 10 rings (SSSR count). The number of hydrogen-bond donors (Lipinski definition) is 0. The van der Waals surface area contributed by atoms with Crippen LogP contribution < -0.4 is 0 Å². The summed E-state index contributed by atoms with van der Waals surface area (Å²) in [6.45, 7) is 0. The molecule has 5 heterocycles. The normalized spacial score (nSPS) is 11.5. The predicted octanol–water partition coefficient (Wildman–Crippen LogP) is 11.3. The summed E-state index contributed by atoms with van der Waals surface area (Å²) >= 11 is 0. The Morgan fingerprint density at radius 3 is 1.49 bits per heavy atom. The van der Waals surface area contributed by atoms with Gasteiger partial charge in [0.15, 0.2) is 0 Å². The second-order valence-electron chi connectivity index (χ2n) is 12.6. The highest BCUT2D eigenvalue weighted by molar-refractivity contribution is 6.21. The van der Waals surface area contributed by atoms with Crippen LogP contribution in [0.3, 0.4) is 0 Å². The van der Waals surface area contributed by atoms with Crippen molar-refractivity contribution in [2.24, 2.45) is 0 Å². The molecule has 0 radical (unpaired) electrons. The maximum Gasteiger partial charge on any atom is 0.138 e. The number of fused-ring (bicyclic) bond motifs is 5. The number of hydrogen-bond acceptors (Lipinski definition) is 4. The van der Waals surface area contributed by atoms with Gasteiger partial charge in [0.25, 0.3) is 0 Å². The van der Waals surface area contributed by atoms with Gasteiger partial charge in [0.1, 0.15) is 5.82 Å². The number of para-hydroxylation sites is 1. The molecule has 51 heavy (non-hydrogen) atoms. The Morgan fingerprint density at radius 2 is 0.824 bits per heavy atom. The quantitative estimate of drug-likeness (QED) is 0.174. The Balaban J connectivity index is 1.10. The van der Waals surface area contributed by atoms with Crippen molar-refractivity contribution in [3.8, 4) is 51.0 Å². The van der Waals surface area contributed by atoms with E-state index in [4.69, 9.17) is 15.0 Å². The Morgan fingerprint density at radius 1 is 0.333 bits per heavy atom. The maximum absolute atomic E-state index is 5.28. The van der Waals surface area contributed by atoms with Crippen LogP contribution in [0.5, 0.6) is 0 Å². The van der Waals surface area contributed by atoms with Crippen LogP contribution in [-0.2, 0) is 0 Å². The van der Waals surface area contributed by atoms with Gasteiger partial charge in [0.05, 0.1) is 39.5 Å². The molecule has 0 aliphatic carbocycles. The molecule has 0 atom stereocenters. The van der Waals surface area contributed by atoms with Crippen molar-refractivity contribution in [1.29, 1.82) is 0 Å². The molecule has 10 aromatic rings. The van der Waals surface area contributed by atoms with Crippen LogP contribution in [0, 0.1) is 0 Å². The minimum atomic E-state index is 0.784. The first-order chi connectivity index (χ1) is 25.3. The fraction of sp³-hybridized carbons (Fsp3) is 0. The minimum Gasteiger partial charge on any atom is -0.294 e. The maximum atomic E-state index is 5.28. The lowest BCUT2D eigenvalue weighted by Crippen LogP contribution is -1.99. The predicted molar refractivity (Wildman–Crippen MR) is 209 cm³/mol. The fourth-order valence-corrected chi connectivity index (χ4v) is 7.51. The zero-order valence-corrected chi connectivity index (χ0v) is 27.5. The lowest BCUT2D eigenvalue weighted by atomic mass is 9.87. The van der Waals surface area contributed by atoms with Gasteiger partial charge >= 0.3 is 0 Å². The number of pyridine rings is 4. The molecule has 0 aliphatic heterocycles. The van der Waals surface area contributed by atoms with E-state index in [0.29, 0.717) is 0 Å². The summed E-state index contributed by atoms with van der Waals surface area (Å²) in [6, 6.07) is 56.8. The molecule has 238 valence electrons. The monoisotopic (exact) mass is 651 g/mol. The third-order valence-electron chi connectivity index (χ3n) is 9.71. The largest absolute Gasteiger partial charge is 0.294 e. The molecule has 0 aliphatic rings.